The number of thiazole rings is 1. The number of carbonyl (C=O) groups excluding carboxylic acids is 1. The standard InChI is InChI=1S/C23H23N3O2S/c1-15-22(29-16(2)25-15)23(27)26(13-17-8-4-7-11-21(17)28-3)14-18-12-24-20-10-6-5-9-19(18)20/h4-12,24H,13-14H2,1-3H3. The molecule has 2 aromatic heterocycles. The minimum absolute atomic E-state index is 0.00992. The van der Waals surface area contributed by atoms with E-state index in [1.54, 1.807) is 7.11 Å². The van der Waals surface area contributed by atoms with E-state index < -0.39 is 0 Å². The fourth-order valence-corrected chi connectivity index (χ4v) is 4.47. The SMILES string of the molecule is COc1ccccc1CN(Cc1c[nH]c2ccccc12)C(=O)c1sc(C)nc1C. The van der Waals surface area contributed by atoms with Gasteiger partial charge in [0.2, 0.25) is 0 Å². The lowest BCUT2D eigenvalue weighted by molar-refractivity contribution is 0.0733. The number of nitrogens with zero attached hydrogens (tertiary/aromatic N) is 2. The number of carbonyl (C=O) groups is 1. The Labute approximate surface area is 174 Å². The molecule has 4 rings (SSSR count). The number of rotatable bonds is 6. The van der Waals surface area contributed by atoms with Crippen LogP contribution in [0.4, 0.5) is 0 Å². The number of aromatic amines is 1. The number of amides is 1. The van der Waals surface area contributed by atoms with Gasteiger partial charge in [-0.1, -0.05) is 36.4 Å². The second-order valence-electron chi connectivity index (χ2n) is 6.98. The Kier molecular flexibility index (Phi) is 5.36. The van der Waals surface area contributed by atoms with Crippen LogP contribution in [0.1, 0.15) is 31.5 Å². The van der Waals surface area contributed by atoms with Gasteiger partial charge in [0.25, 0.3) is 5.91 Å². The third-order valence-corrected chi connectivity index (χ3v) is 6.04. The predicted octanol–water partition coefficient (Wildman–Crippen LogP) is 5.09. The number of aryl methyl sites for hydroxylation is 2. The Balaban J connectivity index is 1.72. The second-order valence-corrected chi connectivity index (χ2v) is 8.18. The number of fused-ring (bicyclic) bond motifs is 1. The summed E-state index contributed by atoms with van der Waals surface area (Å²) in [6.45, 7) is 4.78. The van der Waals surface area contributed by atoms with E-state index in [9.17, 15) is 4.79 Å². The highest BCUT2D eigenvalue weighted by Gasteiger charge is 2.23. The Hall–Kier alpha value is -3.12. The molecular weight excluding hydrogens is 382 g/mol. The fraction of sp³-hybridized carbons (Fsp3) is 0.217. The highest BCUT2D eigenvalue weighted by Crippen LogP contribution is 2.27. The molecule has 148 valence electrons. The van der Waals surface area contributed by atoms with E-state index in [0.29, 0.717) is 18.0 Å². The van der Waals surface area contributed by atoms with E-state index in [-0.39, 0.29) is 5.91 Å². The second kappa shape index (κ2) is 8.09. The summed E-state index contributed by atoms with van der Waals surface area (Å²) in [5, 5.41) is 2.03. The quantitative estimate of drug-likeness (QED) is 0.486. The molecule has 1 amide bonds. The zero-order valence-electron chi connectivity index (χ0n) is 16.7. The van der Waals surface area contributed by atoms with Crippen molar-refractivity contribution in [3.05, 3.63) is 81.4 Å². The topological polar surface area (TPSA) is 58.2 Å². The molecule has 1 N–H and O–H groups in total. The molecule has 2 aromatic carbocycles. The summed E-state index contributed by atoms with van der Waals surface area (Å²) in [7, 11) is 1.65. The maximum atomic E-state index is 13.5. The molecular formula is C23H23N3O2S. The van der Waals surface area contributed by atoms with Crippen molar-refractivity contribution >= 4 is 28.1 Å². The van der Waals surface area contributed by atoms with Crippen molar-refractivity contribution in [2.75, 3.05) is 7.11 Å². The molecule has 0 spiro atoms. The van der Waals surface area contributed by atoms with Gasteiger partial charge in [-0.2, -0.15) is 0 Å². The summed E-state index contributed by atoms with van der Waals surface area (Å²) >= 11 is 1.45. The van der Waals surface area contributed by atoms with Gasteiger partial charge in [0.05, 0.1) is 24.4 Å². The molecule has 0 radical (unpaired) electrons. The molecule has 0 fully saturated rings. The number of hydrogen-bond donors (Lipinski definition) is 1. The zero-order valence-corrected chi connectivity index (χ0v) is 17.5. The number of para-hydroxylation sites is 2. The summed E-state index contributed by atoms with van der Waals surface area (Å²) in [6, 6.07) is 16.0. The van der Waals surface area contributed by atoms with Crippen molar-refractivity contribution in [1.29, 1.82) is 0 Å². The number of ether oxygens (including phenoxy) is 1. The van der Waals surface area contributed by atoms with Crippen LogP contribution in [-0.4, -0.2) is 27.9 Å². The lowest BCUT2D eigenvalue weighted by atomic mass is 10.1. The van der Waals surface area contributed by atoms with Crippen LogP contribution in [0.3, 0.4) is 0 Å². The van der Waals surface area contributed by atoms with Crippen molar-refractivity contribution in [3.63, 3.8) is 0 Å². The van der Waals surface area contributed by atoms with E-state index in [2.05, 4.69) is 16.0 Å². The maximum absolute atomic E-state index is 13.5. The molecule has 29 heavy (non-hydrogen) atoms. The molecule has 6 heteroatoms. The van der Waals surface area contributed by atoms with E-state index in [1.807, 2.05) is 67.4 Å². The highest BCUT2D eigenvalue weighted by molar-refractivity contribution is 7.13. The van der Waals surface area contributed by atoms with Crippen molar-refractivity contribution in [3.8, 4) is 5.75 Å². The lowest BCUT2D eigenvalue weighted by Crippen LogP contribution is -2.30. The Morgan fingerprint density at radius 1 is 1.07 bits per heavy atom. The van der Waals surface area contributed by atoms with Gasteiger partial charge in [-0.25, -0.2) is 4.98 Å². The summed E-state index contributed by atoms with van der Waals surface area (Å²) < 4.78 is 5.51. The van der Waals surface area contributed by atoms with Gasteiger partial charge in [0.1, 0.15) is 10.6 Å². The summed E-state index contributed by atoms with van der Waals surface area (Å²) in [4.78, 5) is 23.8. The first-order chi connectivity index (χ1) is 14.1. The molecule has 5 nitrogen and oxygen atoms in total. The van der Waals surface area contributed by atoms with Gasteiger partial charge in [-0.15, -0.1) is 11.3 Å². The van der Waals surface area contributed by atoms with E-state index in [1.165, 1.54) is 11.3 Å². The van der Waals surface area contributed by atoms with Gasteiger partial charge >= 0.3 is 0 Å². The minimum Gasteiger partial charge on any atom is -0.496 e. The first-order valence-corrected chi connectivity index (χ1v) is 10.3. The number of methoxy groups -OCH3 is 1. The highest BCUT2D eigenvalue weighted by atomic mass is 32.1. The normalized spacial score (nSPS) is 11.0. The lowest BCUT2D eigenvalue weighted by Gasteiger charge is -2.23. The van der Waals surface area contributed by atoms with Crippen LogP contribution in [0, 0.1) is 13.8 Å². The van der Waals surface area contributed by atoms with E-state index >= 15 is 0 Å². The largest absolute Gasteiger partial charge is 0.496 e. The molecule has 0 saturated carbocycles. The fourth-order valence-electron chi connectivity index (χ4n) is 3.58. The first-order valence-electron chi connectivity index (χ1n) is 9.47. The van der Waals surface area contributed by atoms with Crippen LogP contribution < -0.4 is 4.74 Å². The van der Waals surface area contributed by atoms with Gasteiger partial charge in [-0.3, -0.25) is 4.79 Å². The van der Waals surface area contributed by atoms with E-state index in [4.69, 9.17) is 4.74 Å². The molecule has 4 aromatic rings. The van der Waals surface area contributed by atoms with Crippen LogP contribution in [0.25, 0.3) is 10.9 Å². The molecule has 0 aliphatic rings. The smallest absolute Gasteiger partial charge is 0.266 e. The molecule has 0 bridgehead atoms. The van der Waals surface area contributed by atoms with Crippen molar-refractivity contribution in [2.24, 2.45) is 0 Å². The number of H-pyrrole nitrogens is 1. The van der Waals surface area contributed by atoms with Gasteiger partial charge in [0.15, 0.2) is 0 Å². The van der Waals surface area contributed by atoms with Crippen molar-refractivity contribution in [2.45, 2.75) is 26.9 Å². The summed E-state index contributed by atoms with van der Waals surface area (Å²) in [6.07, 6.45) is 1.98. The van der Waals surface area contributed by atoms with Crippen LogP contribution >= 0.6 is 11.3 Å². The van der Waals surface area contributed by atoms with Crippen LogP contribution in [0.15, 0.2) is 54.7 Å². The van der Waals surface area contributed by atoms with Gasteiger partial charge < -0.3 is 14.6 Å². The van der Waals surface area contributed by atoms with Crippen LogP contribution in [0.2, 0.25) is 0 Å². The first kappa shape index (κ1) is 19.2. The number of hydrogen-bond acceptors (Lipinski definition) is 4. The third-order valence-electron chi connectivity index (χ3n) is 4.97. The Bertz CT molecular complexity index is 1160. The minimum atomic E-state index is -0.00992. The number of aromatic nitrogens is 2. The van der Waals surface area contributed by atoms with Crippen LogP contribution in [-0.2, 0) is 13.1 Å². The molecule has 0 aliphatic heterocycles. The molecule has 0 saturated heterocycles. The number of nitrogens with one attached hydrogen (secondary N) is 1. The van der Waals surface area contributed by atoms with Crippen LogP contribution in [0.5, 0.6) is 5.75 Å². The molecule has 2 heterocycles. The van der Waals surface area contributed by atoms with Gasteiger partial charge in [0, 0.05) is 29.2 Å². The van der Waals surface area contributed by atoms with Crippen molar-refractivity contribution in [1.82, 2.24) is 14.9 Å². The predicted molar refractivity (Wildman–Crippen MR) is 116 cm³/mol. The average molecular weight is 406 g/mol. The summed E-state index contributed by atoms with van der Waals surface area (Å²) in [5.41, 5.74) is 3.91. The van der Waals surface area contributed by atoms with E-state index in [0.717, 1.165) is 38.5 Å². The Morgan fingerprint density at radius 3 is 2.55 bits per heavy atom. The molecule has 0 unspecified atom stereocenters. The molecule has 0 aliphatic carbocycles. The monoisotopic (exact) mass is 405 g/mol. The molecule has 0 atom stereocenters. The average Bonchev–Trinajstić information content (AvgIpc) is 3.29. The Morgan fingerprint density at radius 2 is 1.79 bits per heavy atom. The number of benzene rings is 2. The van der Waals surface area contributed by atoms with Gasteiger partial charge in [-0.05, 0) is 31.5 Å². The maximum Gasteiger partial charge on any atom is 0.266 e. The summed E-state index contributed by atoms with van der Waals surface area (Å²) in [5.74, 6) is 0.769. The van der Waals surface area contributed by atoms with Crippen molar-refractivity contribution < 1.29 is 9.53 Å². The zero-order chi connectivity index (χ0) is 20.4. The third kappa shape index (κ3) is 3.89.